The Morgan fingerprint density at radius 3 is 3.10 bits per heavy atom. The molecule has 0 bridgehead atoms. The van der Waals surface area contributed by atoms with Crippen LogP contribution in [-0.2, 0) is 0 Å². The normalized spacial score (nSPS) is 18.2. The van der Waals surface area contributed by atoms with Gasteiger partial charge in [0.15, 0.2) is 5.96 Å². The summed E-state index contributed by atoms with van der Waals surface area (Å²) in [6.07, 6.45) is 6.12. The summed E-state index contributed by atoms with van der Waals surface area (Å²) in [6, 6.07) is 8.47. The minimum Gasteiger partial charge on any atom is -0.493 e. The van der Waals surface area contributed by atoms with Crippen molar-refractivity contribution in [3.8, 4) is 5.75 Å². The second-order valence-electron chi connectivity index (χ2n) is 4.99. The number of guanidine groups is 1. The van der Waals surface area contributed by atoms with E-state index >= 15 is 0 Å². The molecule has 114 valence electrons. The van der Waals surface area contributed by atoms with E-state index in [1.54, 1.807) is 0 Å². The zero-order chi connectivity index (χ0) is 14.9. The topological polar surface area (TPSA) is 45.7 Å². The van der Waals surface area contributed by atoms with E-state index in [1.165, 1.54) is 5.56 Å². The van der Waals surface area contributed by atoms with Crippen LogP contribution < -0.4 is 15.4 Å². The molecule has 1 aliphatic heterocycles. The highest BCUT2D eigenvalue weighted by Gasteiger charge is 2.21. The second-order valence-corrected chi connectivity index (χ2v) is 4.99. The van der Waals surface area contributed by atoms with E-state index in [4.69, 9.17) is 4.74 Å². The molecule has 1 heterocycles. The van der Waals surface area contributed by atoms with Crippen LogP contribution >= 0.6 is 0 Å². The highest BCUT2D eigenvalue weighted by Crippen LogP contribution is 2.31. The van der Waals surface area contributed by atoms with E-state index in [1.807, 2.05) is 19.1 Å². The van der Waals surface area contributed by atoms with Gasteiger partial charge in [-0.2, -0.15) is 0 Å². The summed E-state index contributed by atoms with van der Waals surface area (Å²) >= 11 is 0. The molecule has 21 heavy (non-hydrogen) atoms. The van der Waals surface area contributed by atoms with E-state index in [0.29, 0.717) is 0 Å². The molecule has 1 aromatic carbocycles. The number of benzene rings is 1. The van der Waals surface area contributed by atoms with Gasteiger partial charge in [-0.1, -0.05) is 30.4 Å². The number of allylic oxidation sites excluding steroid dienone is 1. The van der Waals surface area contributed by atoms with Crippen LogP contribution in [0.4, 0.5) is 0 Å². The largest absolute Gasteiger partial charge is 0.493 e. The molecule has 4 heteroatoms. The van der Waals surface area contributed by atoms with Gasteiger partial charge < -0.3 is 15.4 Å². The van der Waals surface area contributed by atoms with Crippen molar-refractivity contribution < 1.29 is 4.74 Å². The summed E-state index contributed by atoms with van der Waals surface area (Å²) in [5, 5.41) is 6.84. The molecular weight excluding hydrogens is 262 g/mol. The Labute approximate surface area is 127 Å². The van der Waals surface area contributed by atoms with Crippen LogP contribution in [0, 0.1) is 0 Å². The fourth-order valence-electron chi connectivity index (χ4n) is 2.39. The minimum absolute atomic E-state index is 0.259. The van der Waals surface area contributed by atoms with Gasteiger partial charge in [0.05, 0.1) is 12.6 Å². The summed E-state index contributed by atoms with van der Waals surface area (Å²) < 4.78 is 5.70. The first kappa shape index (κ1) is 15.4. The van der Waals surface area contributed by atoms with Crippen LogP contribution in [0.2, 0.25) is 0 Å². The molecule has 0 aromatic heterocycles. The summed E-state index contributed by atoms with van der Waals surface area (Å²) in [5.41, 5.74) is 1.21. The molecule has 0 fully saturated rings. The van der Waals surface area contributed by atoms with Crippen molar-refractivity contribution >= 4 is 5.96 Å². The van der Waals surface area contributed by atoms with Crippen molar-refractivity contribution in [1.82, 2.24) is 10.6 Å². The number of nitrogens with zero attached hydrogens (tertiary/aromatic N) is 1. The molecule has 0 aliphatic carbocycles. The number of aliphatic imine (C=N–C) groups is 1. The van der Waals surface area contributed by atoms with Gasteiger partial charge in [0.2, 0.25) is 0 Å². The third-order valence-electron chi connectivity index (χ3n) is 3.42. The first-order valence-electron chi connectivity index (χ1n) is 7.73. The number of rotatable bonds is 5. The Hall–Kier alpha value is -1.97. The van der Waals surface area contributed by atoms with Crippen molar-refractivity contribution in [1.29, 1.82) is 0 Å². The van der Waals surface area contributed by atoms with Gasteiger partial charge in [0.1, 0.15) is 5.75 Å². The molecule has 1 aromatic rings. The van der Waals surface area contributed by atoms with E-state index in [2.05, 4.69) is 46.8 Å². The van der Waals surface area contributed by atoms with E-state index in [-0.39, 0.29) is 6.04 Å². The monoisotopic (exact) mass is 287 g/mol. The number of nitrogens with one attached hydrogen (secondary N) is 2. The molecule has 0 spiro atoms. The molecule has 0 amide bonds. The minimum atomic E-state index is 0.259. The Morgan fingerprint density at radius 2 is 2.29 bits per heavy atom. The molecule has 0 saturated carbocycles. The van der Waals surface area contributed by atoms with Crippen LogP contribution in [-0.4, -0.2) is 25.7 Å². The zero-order valence-corrected chi connectivity index (χ0v) is 12.9. The predicted octanol–water partition coefficient (Wildman–Crippen LogP) is 3.03. The quantitative estimate of drug-likeness (QED) is 0.379. The number of para-hydroxylation sites is 1. The molecule has 4 nitrogen and oxygen atoms in total. The molecular formula is C17H25N3O. The van der Waals surface area contributed by atoms with Gasteiger partial charge in [-0.25, -0.2) is 0 Å². The third-order valence-corrected chi connectivity index (χ3v) is 3.42. The van der Waals surface area contributed by atoms with Crippen LogP contribution in [0.5, 0.6) is 5.75 Å². The van der Waals surface area contributed by atoms with E-state index in [9.17, 15) is 0 Å². The van der Waals surface area contributed by atoms with Crippen LogP contribution in [0.25, 0.3) is 0 Å². The summed E-state index contributed by atoms with van der Waals surface area (Å²) in [7, 11) is 0. The number of ether oxygens (including phenoxy) is 1. The van der Waals surface area contributed by atoms with E-state index < -0.39 is 0 Å². The third kappa shape index (κ3) is 4.52. The zero-order valence-electron chi connectivity index (χ0n) is 12.9. The van der Waals surface area contributed by atoms with Crippen molar-refractivity contribution in [2.75, 3.05) is 19.7 Å². The summed E-state index contributed by atoms with van der Waals surface area (Å²) in [4.78, 5) is 4.62. The van der Waals surface area contributed by atoms with Crippen molar-refractivity contribution in [2.45, 2.75) is 32.7 Å². The van der Waals surface area contributed by atoms with E-state index in [0.717, 1.165) is 44.2 Å². The first-order valence-corrected chi connectivity index (χ1v) is 7.73. The van der Waals surface area contributed by atoms with Crippen LogP contribution in [0.15, 0.2) is 41.4 Å². The summed E-state index contributed by atoms with van der Waals surface area (Å²) in [6.45, 7) is 6.52. The average Bonchev–Trinajstić information content (AvgIpc) is 2.52. The Morgan fingerprint density at radius 1 is 1.43 bits per heavy atom. The van der Waals surface area contributed by atoms with Gasteiger partial charge >= 0.3 is 0 Å². The molecule has 2 N–H and O–H groups in total. The lowest BCUT2D eigenvalue weighted by Gasteiger charge is -2.28. The lowest BCUT2D eigenvalue weighted by atomic mass is 10.0. The van der Waals surface area contributed by atoms with Crippen LogP contribution in [0.1, 0.15) is 38.3 Å². The lowest BCUT2D eigenvalue weighted by molar-refractivity contribution is 0.261. The average molecular weight is 287 g/mol. The SMILES string of the molecule is CC=CCCN=C(NCC)NC1CCOc2ccccc21. The molecule has 0 radical (unpaired) electrons. The standard InChI is InChI=1S/C17H25N3O/c1-3-5-8-12-19-17(18-4-2)20-15-11-13-21-16-10-7-6-9-14(15)16/h3,5-7,9-10,15H,4,8,11-13H2,1-2H3,(H2,18,19,20). The highest BCUT2D eigenvalue weighted by atomic mass is 16.5. The van der Waals surface area contributed by atoms with Crippen molar-refractivity contribution in [2.24, 2.45) is 4.99 Å². The van der Waals surface area contributed by atoms with Gasteiger partial charge in [0, 0.05) is 25.1 Å². The molecule has 2 rings (SSSR count). The number of fused-ring (bicyclic) bond motifs is 1. The molecule has 0 saturated heterocycles. The van der Waals surface area contributed by atoms with Crippen molar-refractivity contribution in [3.05, 3.63) is 42.0 Å². The number of hydrogen-bond donors (Lipinski definition) is 2. The van der Waals surface area contributed by atoms with Crippen molar-refractivity contribution in [3.63, 3.8) is 0 Å². The maximum atomic E-state index is 5.70. The summed E-state index contributed by atoms with van der Waals surface area (Å²) in [5.74, 6) is 1.86. The first-order chi connectivity index (χ1) is 10.3. The molecule has 1 atom stereocenters. The Kier molecular flexibility index (Phi) is 6.13. The maximum Gasteiger partial charge on any atom is 0.191 e. The van der Waals surface area contributed by atoms with Gasteiger partial charge in [-0.05, 0) is 26.3 Å². The highest BCUT2D eigenvalue weighted by molar-refractivity contribution is 5.80. The maximum absolute atomic E-state index is 5.70. The molecule has 1 aliphatic rings. The Balaban J connectivity index is 2.03. The predicted molar refractivity (Wildman–Crippen MR) is 87.8 cm³/mol. The van der Waals surface area contributed by atoms with Gasteiger partial charge in [0.25, 0.3) is 0 Å². The molecule has 1 unspecified atom stereocenters. The van der Waals surface area contributed by atoms with Gasteiger partial charge in [-0.15, -0.1) is 0 Å². The fraction of sp³-hybridized carbons (Fsp3) is 0.471. The van der Waals surface area contributed by atoms with Crippen LogP contribution in [0.3, 0.4) is 0 Å². The fourth-order valence-corrected chi connectivity index (χ4v) is 2.39. The number of hydrogen-bond acceptors (Lipinski definition) is 2. The Bertz CT molecular complexity index is 497. The van der Waals surface area contributed by atoms with Gasteiger partial charge in [-0.3, -0.25) is 4.99 Å². The second kappa shape index (κ2) is 8.35. The smallest absolute Gasteiger partial charge is 0.191 e. The lowest BCUT2D eigenvalue weighted by Crippen LogP contribution is -2.41.